The molecule has 2 aliphatic carbocycles. The summed E-state index contributed by atoms with van der Waals surface area (Å²) in [6.07, 6.45) is 9.84. The molecule has 0 spiro atoms. The number of pyridine rings is 1. The minimum Gasteiger partial charge on any atom is -0.506 e. The van der Waals surface area contributed by atoms with Crippen molar-refractivity contribution < 1.29 is 15.3 Å². The first-order chi connectivity index (χ1) is 12.5. The van der Waals surface area contributed by atoms with Crippen molar-refractivity contribution in [3.05, 3.63) is 24.0 Å². The van der Waals surface area contributed by atoms with Crippen LogP contribution < -0.4 is 0 Å². The Kier molecular flexibility index (Phi) is 6.90. The highest BCUT2D eigenvalue weighted by molar-refractivity contribution is 5.19. The van der Waals surface area contributed by atoms with E-state index in [1.807, 2.05) is 0 Å². The van der Waals surface area contributed by atoms with Crippen LogP contribution in [0.15, 0.2) is 18.3 Å². The van der Waals surface area contributed by atoms with Gasteiger partial charge < -0.3 is 15.3 Å². The summed E-state index contributed by atoms with van der Waals surface area (Å²) in [4.78, 5) is 6.29. The lowest BCUT2D eigenvalue weighted by atomic mass is 9.91. The standard InChI is InChI=1S/C14H20N2O3.C7H14/c17-11-1-2-13(15-5-11)14(19)8-16-6-9-3-12(18)4-10(9)7-16;1-7-5-3-2-4-6-7/h1-2,5,9-10,12,14,17-19H,3-4,6-8H2;7H,2-6H2,1H3. The zero-order valence-electron chi connectivity index (χ0n) is 15.9. The Morgan fingerprint density at radius 1 is 1.12 bits per heavy atom. The van der Waals surface area contributed by atoms with Gasteiger partial charge in [-0.2, -0.15) is 0 Å². The molecule has 5 heteroatoms. The molecule has 1 aliphatic heterocycles. The number of aliphatic hydroxyl groups excluding tert-OH is 2. The van der Waals surface area contributed by atoms with Gasteiger partial charge >= 0.3 is 0 Å². The topological polar surface area (TPSA) is 76.8 Å². The monoisotopic (exact) mass is 362 g/mol. The summed E-state index contributed by atoms with van der Waals surface area (Å²) in [6, 6.07) is 3.20. The predicted octanol–water partition coefficient (Wildman–Crippen LogP) is 3.11. The fourth-order valence-electron chi connectivity index (χ4n) is 4.75. The first-order valence-electron chi connectivity index (χ1n) is 10.2. The molecule has 1 aromatic heterocycles. The van der Waals surface area contributed by atoms with Gasteiger partial charge in [0.05, 0.1) is 18.0 Å². The van der Waals surface area contributed by atoms with Crippen LogP contribution in [0.5, 0.6) is 5.75 Å². The Morgan fingerprint density at radius 2 is 1.77 bits per heavy atom. The van der Waals surface area contributed by atoms with E-state index in [-0.39, 0.29) is 11.9 Å². The van der Waals surface area contributed by atoms with Gasteiger partial charge in [-0.05, 0) is 42.7 Å². The molecule has 146 valence electrons. The third-order valence-electron chi connectivity index (χ3n) is 6.24. The Balaban J connectivity index is 0.000000236. The van der Waals surface area contributed by atoms with Crippen molar-refractivity contribution in [2.45, 2.75) is 64.1 Å². The lowest BCUT2D eigenvalue weighted by Crippen LogP contribution is -2.28. The Labute approximate surface area is 157 Å². The number of aromatic hydroxyl groups is 1. The average molecular weight is 363 g/mol. The van der Waals surface area contributed by atoms with Crippen LogP contribution in [0.1, 0.15) is 63.7 Å². The minimum absolute atomic E-state index is 0.112. The highest BCUT2D eigenvalue weighted by Crippen LogP contribution is 2.38. The first-order valence-corrected chi connectivity index (χ1v) is 10.2. The van der Waals surface area contributed by atoms with Gasteiger partial charge in [0.15, 0.2) is 0 Å². The highest BCUT2D eigenvalue weighted by atomic mass is 16.3. The van der Waals surface area contributed by atoms with Crippen LogP contribution in [0, 0.1) is 17.8 Å². The van der Waals surface area contributed by atoms with Crippen LogP contribution in [-0.2, 0) is 0 Å². The van der Waals surface area contributed by atoms with E-state index < -0.39 is 6.10 Å². The molecule has 2 heterocycles. The summed E-state index contributed by atoms with van der Waals surface area (Å²) >= 11 is 0. The van der Waals surface area contributed by atoms with Gasteiger partial charge in [-0.1, -0.05) is 39.0 Å². The fourth-order valence-corrected chi connectivity index (χ4v) is 4.75. The second-order valence-electron chi connectivity index (χ2n) is 8.56. The molecule has 0 bridgehead atoms. The molecule has 26 heavy (non-hydrogen) atoms. The second kappa shape index (κ2) is 9.16. The lowest BCUT2D eigenvalue weighted by Gasteiger charge is -2.21. The van der Waals surface area contributed by atoms with E-state index in [1.54, 1.807) is 12.1 Å². The van der Waals surface area contributed by atoms with E-state index >= 15 is 0 Å². The van der Waals surface area contributed by atoms with Crippen LogP contribution in [0.3, 0.4) is 0 Å². The summed E-state index contributed by atoms with van der Waals surface area (Å²) < 4.78 is 0. The summed E-state index contributed by atoms with van der Waals surface area (Å²) in [7, 11) is 0. The smallest absolute Gasteiger partial charge is 0.133 e. The fraction of sp³-hybridized carbons (Fsp3) is 0.762. The summed E-state index contributed by atoms with van der Waals surface area (Å²) in [5, 5.41) is 28.9. The predicted molar refractivity (Wildman–Crippen MR) is 102 cm³/mol. The van der Waals surface area contributed by atoms with E-state index in [4.69, 9.17) is 0 Å². The third-order valence-corrected chi connectivity index (χ3v) is 6.24. The highest BCUT2D eigenvalue weighted by Gasteiger charge is 2.40. The van der Waals surface area contributed by atoms with Gasteiger partial charge in [0.1, 0.15) is 11.9 Å². The molecule has 3 fully saturated rings. The molecule has 3 aliphatic rings. The quantitative estimate of drug-likeness (QED) is 0.770. The van der Waals surface area contributed by atoms with E-state index in [1.165, 1.54) is 38.3 Å². The molecule has 0 amide bonds. The molecule has 5 nitrogen and oxygen atoms in total. The van der Waals surface area contributed by atoms with Crippen molar-refractivity contribution in [1.82, 2.24) is 9.88 Å². The number of hydrogen-bond donors (Lipinski definition) is 3. The molecule has 4 rings (SSSR count). The first kappa shape index (κ1) is 19.6. The van der Waals surface area contributed by atoms with Gasteiger partial charge in [0.2, 0.25) is 0 Å². The van der Waals surface area contributed by atoms with Gasteiger partial charge in [0.25, 0.3) is 0 Å². The molecule has 0 radical (unpaired) electrons. The van der Waals surface area contributed by atoms with Crippen molar-refractivity contribution in [2.24, 2.45) is 17.8 Å². The average Bonchev–Trinajstić information content (AvgIpc) is 3.13. The Morgan fingerprint density at radius 3 is 2.27 bits per heavy atom. The van der Waals surface area contributed by atoms with E-state index in [0.29, 0.717) is 24.1 Å². The van der Waals surface area contributed by atoms with Gasteiger partial charge in [-0.3, -0.25) is 9.88 Å². The van der Waals surface area contributed by atoms with Gasteiger partial charge in [0, 0.05) is 19.6 Å². The van der Waals surface area contributed by atoms with Crippen LogP contribution in [0.2, 0.25) is 0 Å². The summed E-state index contributed by atoms with van der Waals surface area (Å²) in [5.74, 6) is 2.30. The third kappa shape index (κ3) is 5.41. The molecule has 3 atom stereocenters. The number of hydrogen-bond acceptors (Lipinski definition) is 5. The van der Waals surface area contributed by atoms with E-state index in [9.17, 15) is 15.3 Å². The molecule has 0 aromatic carbocycles. The SMILES string of the molecule is CC1CCCCC1.Oc1ccc(C(O)CN2CC3CC(O)CC3C2)nc1. The largest absolute Gasteiger partial charge is 0.506 e. The maximum atomic E-state index is 10.2. The zero-order valence-corrected chi connectivity index (χ0v) is 15.9. The van der Waals surface area contributed by atoms with Crippen molar-refractivity contribution in [2.75, 3.05) is 19.6 Å². The van der Waals surface area contributed by atoms with Crippen molar-refractivity contribution in [3.63, 3.8) is 0 Å². The number of aliphatic hydroxyl groups is 2. The molecular weight excluding hydrogens is 328 g/mol. The molecular formula is C21H34N2O3. The molecule has 1 saturated heterocycles. The molecule has 3 N–H and O–H groups in total. The molecule has 1 aromatic rings. The van der Waals surface area contributed by atoms with Crippen LogP contribution in [0.4, 0.5) is 0 Å². The maximum Gasteiger partial charge on any atom is 0.133 e. The van der Waals surface area contributed by atoms with Crippen LogP contribution in [0.25, 0.3) is 0 Å². The van der Waals surface area contributed by atoms with Crippen molar-refractivity contribution in [1.29, 1.82) is 0 Å². The number of aromatic nitrogens is 1. The number of nitrogens with zero attached hydrogens (tertiary/aromatic N) is 2. The summed E-state index contributed by atoms with van der Waals surface area (Å²) in [5.41, 5.74) is 0.592. The van der Waals surface area contributed by atoms with Gasteiger partial charge in [-0.15, -0.1) is 0 Å². The maximum absolute atomic E-state index is 10.2. The summed E-state index contributed by atoms with van der Waals surface area (Å²) in [6.45, 7) is 4.84. The number of rotatable bonds is 3. The zero-order chi connectivity index (χ0) is 18.5. The van der Waals surface area contributed by atoms with Gasteiger partial charge in [-0.25, -0.2) is 0 Å². The Hall–Kier alpha value is -1.17. The van der Waals surface area contributed by atoms with E-state index in [0.717, 1.165) is 31.8 Å². The Bertz CT molecular complexity index is 531. The molecule has 3 unspecified atom stereocenters. The van der Waals surface area contributed by atoms with Crippen LogP contribution in [-0.4, -0.2) is 50.9 Å². The van der Waals surface area contributed by atoms with Crippen molar-refractivity contribution in [3.8, 4) is 5.75 Å². The second-order valence-corrected chi connectivity index (χ2v) is 8.56. The number of β-amino-alcohol motifs (C(OH)–C–C–N with tert-alkyl or cyclic N) is 1. The minimum atomic E-state index is -0.621. The lowest BCUT2D eigenvalue weighted by molar-refractivity contribution is 0.110. The van der Waals surface area contributed by atoms with Crippen LogP contribution >= 0.6 is 0 Å². The normalized spacial score (nSPS) is 30.5. The molecule has 2 saturated carbocycles. The van der Waals surface area contributed by atoms with Crippen molar-refractivity contribution >= 4 is 0 Å². The number of likely N-dealkylation sites (tertiary alicyclic amines) is 1. The number of fused-ring (bicyclic) bond motifs is 1. The van der Waals surface area contributed by atoms with E-state index in [2.05, 4.69) is 16.8 Å².